The van der Waals surface area contributed by atoms with Gasteiger partial charge in [-0.2, -0.15) is 0 Å². The molecule has 0 N–H and O–H groups in total. The summed E-state index contributed by atoms with van der Waals surface area (Å²) in [5, 5.41) is 4.47. The second-order valence-corrected chi connectivity index (χ2v) is 9.59. The first kappa shape index (κ1) is 19.6. The Labute approximate surface area is 185 Å². The summed E-state index contributed by atoms with van der Waals surface area (Å²) < 4.78 is 20.8. The fourth-order valence-corrected chi connectivity index (χ4v) is 5.23. The summed E-state index contributed by atoms with van der Waals surface area (Å²) in [4.78, 5) is 9.35. The first-order valence-electron chi connectivity index (χ1n) is 9.62. The monoisotopic (exact) mass is 446 g/mol. The quantitative estimate of drug-likeness (QED) is 0.356. The molecule has 8 heteroatoms. The van der Waals surface area contributed by atoms with Gasteiger partial charge in [-0.1, -0.05) is 29.0 Å². The van der Waals surface area contributed by atoms with E-state index in [1.165, 1.54) is 16.9 Å². The average molecular weight is 447 g/mol. The van der Waals surface area contributed by atoms with Gasteiger partial charge in [-0.3, -0.25) is 9.19 Å². The highest BCUT2D eigenvalue weighted by Crippen LogP contribution is 2.28. The van der Waals surface area contributed by atoms with Crippen molar-refractivity contribution in [3.63, 3.8) is 0 Å². The van der Waals surface area contributed by atoms with Crippen LogP contribution in [0.5, 0.6) is 11.5 Å². The van der Waals surface area contributed by atoms with E-state index in [1.807, 2.05) is 73.8 Å². The molecule has 0 aliphatic heterocycles. The largest absolute Gasteiger partial charge is 0.457 e. The van der Waals surface area contributed by atoms with E-state index in [0.717, 1.165) is 28.3 Å². The Balaban J connectivity index is 1.31. The van der Waals surface area contributed by atoms with Gasteiger partial charge in [-0.25, -0.2) is 9.50 Å². The minimum atomic E-state index is -1.22. The van der Waals surface area contributed by atoms with Crippen molar-refractivity contribution < 1.29 is 8.95 Å². The van der Waals surface area contributed by atoms with E-state index in [4.69, 9.17) is 4.74 Å². The molecule has 2 aromatic carbocycles. The van der Waals surface area contributed by atoms with Crippen molar-refractivity contribution in [2.45, 2.75) is 17.0 Å². The van der Waals surface area contributed by atoms with Crippen molar-refractivity contribution in [2.24, 2.45) is 0 Å². The van der Waals surface area contributed by atoms with Gasteiger partial charge in [0.25, 0.3) is 0 Å². The highest BCUT2D eigenvalue weighted by Gasteiger charge is 2.15. The third-order valence-corrected chi connectivity index (χ3v) is 7.26. The third-order valence-electron chi connectivity index (χ3n) is 4.67. The molecule has 0 aliphatic carbocycles. The van der Waals surface area contributed by atoms with E-state index in [0.29, 0.717) is 15.1 Å². The van der Waals surface area contributed by atoms with Crippen LogP contribution in [-0.4, -0.2) is 23.8 Å². The Morgan fingerprint density at radius 3 is 2.32 bits per heavy atom. The average Bonchev–Trinajstić information content (AvgIpc) is 3.36. The number of nitrogens with zero attached hydrogens (tertiary/aromatic N) is 4. The number of imidazole rings is 1. The van der Waals surface area contributed by atoms with Crippen LogP contribution in [0, 0.1) is 6.92 Å². The molecule has 0 saturated carbocycles. The summed E-state index contributed by atoms with van der Waals surface area (Å²) in [7, 11) is -1.22. The van der Waals surface area contributed by atoms with Gasteiger partial charge in [0.1, 0.15) is 11.5 Å². The molecule has 3 aromatic heterocycles. The van der Waals surface area contributed by atoms with Crippen LogP contribution in [-0.2, 0) is 16.6 Å². The molecule has 0 radical (unpaired) electrons. The summed E-state index contributed by atoms with van der Waals surface area (Å²) in [6.45, 7) is 2.05. The molecule has 5 aromatic rings. The first-order chi connectivity index (χ1) is 15.1. The predicted octanol–water partition coefficient (Wildman–Crippen LogP) is 5.26. The van der Waals surface area contributed by atoms with Crippen LogP contribution < -0.4 is 4.74 Å². The molecule has 0 fully saturated rings. The first-order valence-corrected chi connectivity index (χ1v) is 11.8. The minimum Gasteiger partial charge on any atom is -0.457 e. The maximum Gasteiger partial charge on any atom is 0.213 e. The number of fused-ring (bicyclic) bond motifs is 1. The molecule has 1 unspecified atom stereocenters. The van der Waals surface area contributed by atoms with E-state index in [2.05, 4.69) is 15.1 Å². The molecule has 154 valence electrons. The Hall–Kier alpha value is -3.36. The van der Waals surface area contributed by atoms with Crippen molar-refractivity contribution in [3.05, 3.63) is 90.4 Å². The molecular weight excluding hydrogens is 428 g/mol. The summed E-state index contributed by atoms with van der Waals surface area (Å²) in [6.07, 6.45) is 5.25. The Morgan fingerprint density at radius 2 is 1.65 bits per heavy atom. The minimum absolute atomic E-state index is 0.411. The highest BCUT2D eigenvalue weighted by atomic mass is 32.2. The summed E-state index contributed by atoms with van der Waals surface area (Å²) in [6, 6.07) is 19.5. The fourth-order valence-electron chi connectivity index (χ4n) is 3.04. The van der Waals surface area contributed by atoms with Crippen molar-refractivity contribution in [2.75, 3.05) is 0 Å². The molecule has 6 nitrogen and oxygen atoms in total. The number of hydrogen-bond donors (Lipinski definition) is 0. The predicted molar refractivity (Wildman–Crippen MR) is 122 cm³/mol. The zero-order valence-corrected chi connectivity index (χ0v) is 18.3. The van der Waals surface area contributed by atoms with Crippen molar-refractivity contribution in [1.82, 2.24) is 19.6 Å². The number of hydrogen-bond acceptors (Lipinski definition) is 6. The van der Waals surface area contributed by atoms with Gasteiger partial charge in [-0.05, 0) is 61.0 Å². The lowest BCUT2D eigenvalue weighted by molar-refractivity contribution is 0.482. The van der Waals surface area contributed by atoms with Gasteiger partial charge in [-0.15, -0.1) is 5.10 Å². The van der Waals surface area contributed by atoms with Crippen LogP contribution >= 0.6 is 11.3 Å². The summed E-state index contributed by atoms with van der Waals surface area (Å²) >= 11 is 1.35. The van der Waals surface area contributed by atoms with E-state index in [-0.39, 0.29) is 0 Å². The third kappa shape index (κ3) is 4.40. The molecule has 31 heavy (non-hydrogen) atoms. The van der Waals surface area contributed by atoms with Gasteiger partial charge >= 0.3 is 0 Å². The normalized spacial score (nSPS) is 12.2. The maximum absolute atomic E-state index is 12.6. The van der Waals surface area contributed by atoms with E-state index >= 15 is 0 Å². The molecule has 1 atom stereocenters. The lowest BCUT2D eigenvalue weighted by Gasteiger charge is -2.06. The van der Waals surface area contributed by atoms with Crippen LogP contribution in [0.15, 0.2) is 83.6 Å². The number of ether oxygens (including phenoxy) is 1. The molecular formula is C23H18N4O2S2. The van der Waals surface area contributed by atoms with E-state index in [9.17, 15) is 4.21 Å². The van der Waals surface area contributed by atoms with Crippen molar-refractivity contribution in [3.8, 4) is 22.8 Å². The van der Waals surface area contributed by atoms with Gasteiger partial charge < -0.3 is 4.74 Å². The number of aryl methyl sites for hydroxylation is 1. The molecule has 0 amide bonds. The van der Waals surface area contributed by atoms with Crippen LogP contribution in [0.4, 0.5) is 0 Å². The Kier molecular flexibility index (Phi) is 5.31. The van der Waals surface area contributed by atoms with E-state index in [1.54, 1.807) is 16.9 Å². The number of rotatable bonds is 6. The van der Waals surface area contributed by atoms with Crippen molar-refractivity contribution in [1.29, 1.82) is 0 Å². The van der Waals surface area contributed by atoms with Crippen molar-refractivity contribution >= 4 is 27.1 Å². The van der Waals surface area contributed by atoms with Crippen LogP contribution in [0.25, 0.3) is 16.2 Å². The molecule has 0 aliphatic rings. The zero-order valence-electron chi connectivity index (χ0n) is 16.6. The molecule has 5 rings (SSSR count). The fraction of sp³-hybridized carbons (Fsp3) is 0.0870. The lowest BCUT2D eigenvalue weighted by Crippen LogP contribution is -1.97. The number of aromatic nitrogens is 4. The van der Waals surface area contributed by atoms with Gasteiger partial charge in [0.2, 0.25) is 9.30 Å². The van der Waals surface area contributed by atoms with Gasteiger partial charge in [0, 0.05) is 18.0 Å². The standard InChI is InChI=1S/C23H18N4O2S2/c1-16-2-6-19(7-3-16)29-20-8-4-18(5-9-20)21-14-27-22(25-21)30-23(26-27)31(28)15-17-10-12-24-13-11-17/h2-14H,15H2,1H3. The van der Waals surface area contributed by atoms with Crippen LogP contribution in [0.3, 0.4) is 0 Å². The highest BCUT2D eigenvalue weighted by molar-refractivity contribution is 7.86. The molecule has 3 heterocycles. The van der Waals surface area contributed by atoms with Crippen LogP contribution in [0.1, 0.15) is 11.1 Å². The SMILES string of the molecule is Cc1ccc(Oc2ccc(-c3cn4nc(S(=O)Cc5ccncc5)sc4n3)cc2)cc1. The second-order valence-electron chi connectivity index (χ2n) is 7.01. The molecule has 0 spiro atoms. The topological polar surface area (TPSA) is 69.4 Å². The molecule has 0 saturated heterocycles. The van der Waals surface area contributed by atoms with Gasteiger partial charge in [0.05, 0.1) is 28.4 Å². The van der Waals surface area contributed by atoms with Crippen LogP contribution in [0.2, 0.25) is 0 Å². The van der Waals surface area contributed by atoms with E-state index < -0.39 is 10.8 Å². The molecule has 0 bridgehead atoms. The number of pyridine rings is 1. The zero-order chi connectivity index (χ0) is 21.2. The summed E-state index contributed by atoms with van der Waals surface area (Å²) in [5.74, 6) is 1.98. The summed E-state index contributed by atoms with van der Waals surface area (Å²) in [5.41, 5.74) is 3.94. The Morgan fingerprint density at radius 1 is 0.968 bits per heavy atom. The lowest BCUT2D eigenvalue weighted by atomic mass is 10.1. The Bertz CT molecular complexity index is 1310. The van der Waals surface area contributed by atoms with Gasteiger partial charge in [0.15, 0.2) is 0 Å². The number of benzene rings is 2. The second kappa shape index (κ2) is 8.41. The maximum atomic E-state index is 12.6. The smallest absolute Gasteiger partial charge is 0.213 e.